The van der Waals surface area contributed by atoms with Gasteiger partial charge in [0.05, 0.1) is 10.7 Å². The van der Waals surface area contributed by atoms with Gasteiger partial charge in [-0.05, 0) is 18.2 Å². The monoisotopic (exact) mass is 202 g/mol. The summed E-state index contributed by atoms with van der Waals surface area (Å²) < 4.78 is 0. The smallest absolute Gasteiger partial charge is 0.0640 e. The fourth-order valence-electron chi connectivity index (χ4n) is 1.18. The second-order valence-corrected chi connectivity index (χ2v) is 3.29. The molecule has 2 aromatic rings. The molecule has 0 spiro atoms. The van der Waals surface area contributed by atoms with Crippen molar-refractivity contribution < 1.29 is 0 Å². The minimum Gasteiger partial charge on any atom is -0.354 e. The van der Waals surface area contributed by atoms with Crippen LogP contribution in [0.15, 0.2) is 48.5 Å². The standard InChI is InChI=1S/C12H9ClN/c13-11-8-4-5-9-12(11)14-10-6-2-1-3-7-10/h1-6,8-9,14H. The first-order valence-electron chi connectivity index (χ1n) is 4.34. The van der Waals surface area contributed by atoms with E-state index in [1.807, 2.05) is 48.5 Å². The second-order valence-electron chi connectivity index (χ2n) is 2.88. The van der Waals surface area contributed by atoms with Crippen LogP contribution in [0.2, 0.25) is 5.02 Å². The highest BCUT2D eigenvalue weighted by Crippen LogP contribution is 2.23. The topological polar surface area (TPSA) is 12.0 Å². The molecule has 1 radical (unpaired) electrons. The van der Waals surface area contributed by atoms with Crippen LogP contribution >= 0.6 is 11.6 Å². The Labute approximate surface area is 88.3 Å². The Bertz CT molecular complexity index is 412. The number of rotatable bonds is 2. The van der Waals surface area contributed by atoms with Gasteiger partial charge >= 0.3 is 0 Å². The van der Waals surface area contributed by atoms with Crippen LogP contribution in [0.4, 0.5) is 11.4 Å². The highest BCUT2D eigenvalue weighted by atomic mass is 35.5. The Morgan fingerprint density at radius 1 is 1.00 bits per heavy atom. The first-order valence-corrected chi connectivity index (χ1v) is 4.72. The zero-order valence-corrected chi connectivity index (χ0v) is 8.25. The summed E-state index contributed by atoms with van der Waals surface area (Å²) in [6.07, 6.45) is 0. The fraction of sp³-hybridized carbons (Fsp3) is 0. The molecule has 2 rings (SSSR count). The molecule has 1 nitrogen and oxygen atoms in total. The molecule has 0 aliphatic carbocycles. The van der Waals surface area contributed by atoms with Gasteiger partial charge in [-0.15, -0.1) is 0 Å². The Balaban J connectivity index is 2.24. The number of hydrogen-bond donors (Lipinski definition) is 1. The lowest BCUT2D eigenvalue weighted by Gasteiger charge is -2.06. The number of nitrogens with one attached hydrogen (secondary N) is 1. The van der Waals surface area contributed by atoms with Gasteiger partial charge < -0.3 is 5.32 Å². The summed E-state index contributed by atoms with van der Waals surface area (Å²) in [6.45, 7) is 0. The van der Waals surface area contributed by atoms with Crippen LogP contribution in [0.5, 0.6) is 0 Å². The second kappa shape index (κ2) is 4.16. The Hall–Kier alpha value is -1.47. The number of para-hydroxylation sites is 2. The molecule has 2 aromatic carbocycles. The SMILES string of the molecule is Clc1ccccc1Nc1[c]cccc1. The van der Waals surface area contributed by atoms with Gasteiger partial charge in [0.2, 0.25) is 0 Å². The Kier molecular flexibility index (Phi) is 2.70. The third-order valence-corrected chi connectivity index (χ3v) is 2.18. The summed E-state index contributed by atoms with van der Waals surface area (Å²) in [5.41, 5.74) is 1.82. The molecular weight excluding hydrogens is 194 g/mol. The van der Waals surface area contributed by atoms with E-state index in [1.165, 1.54) is 0 Å². The van der Waals surface area contributed by atoms with Gasteiger partial charge in [0, 0.05) is 11.8 Å². The molecular formula is C12H9ClN. The largest absolute Gasteiger partial charge is 0.354 e. The highest BCUT2D eigenvalue weighted by molar-refractivity contribution is 6.33. The van der Waals surface area contributed by atoms with E-state index in [-0.39, 0.29) is 0 Å². The lowest BCUT2D eigenvalue weighted by molar-refractivity contribution is 1.54. The van der Waals surface area contributed by atoms with E-state index in [4.69, 9.17) is 11.6 Å². The van der Waals surface area contributed by atoms with Crippen molar-refractivity contribution in [2.75, 3.05) is 5.32 Å². The van der Waals surface area contributed by atoms with Gasteiger partial charge in [-0.2, -0.15) is 0 Å². The Morgan fingerprint density at radius 3 is 2.50 bits per heavy atom. The van der Waals surface area contributed by atoms with Gasteiger partial charge in [-0.3, -0.25) is 0 Å². The molecule has 0 atom stereocenters. The molecule has 0 saturated carbocycles. The van der Waals surface area contributed by atoms with E-state index in [1.54, 1.807) is 0 Å². The lowest BCUT2D eigenvalue weighted by atomic mass is 10.3. The highest BCUT2D eigenvalue weighted by Gasteiger charge is 1.97. The zero-order valence-electron chi connectivity index (χ0n) is 7.50. The molecule has 2 heteroatoms. The molecule has 69 valence electrons. The van der Waals surface area contributed by atoms with Gasteiger partial charge in [0.1, 0.15) is 0 Å². The molecule has 0 bridgehead atoms. The van der Waals surface area contributed by atoms with Crippen molar-refractivity contribution in [3.8, 4) is 0 Å². The lowest BCUT2D eigenvalue weighted by Crippen LogP contribution is -1.89. The van der Waals surface area contributed by atoms with Gasteiger partial charge in [-0.1, -0.05) is 41.9 Å². The molecule has 0 aromatic heterocycles. The summed E-state index contributed by atoms with van der Waals surface area (Å²) >= 11 is 6.00. The van der Waals surface area contributed by atoms with Crippen molar-refractivity contribution in [2.24, 2.45) is 0 Å². The average molecular weight is 203 g/mol. The third-order valence-electron chi connectivity index (χ3n) is 1.85. The zero-order chi connectivity index (χ0) is 9.80. The number of anilines is 2. The predicted molar refractivity (Wildman–Crippen MR) is 60.0 cm³/mol. The normalized spacial score (nSPS) is 9.79. The number of benzene rings is 2. The van der Waals surface area contributed by atoms with E-state index >= 15 is 0 Å². The summed E-state index contributed by atoms with van der Waals surface area (Å²) in [5, 5.41) is 3.90. The van der Waals surface area contributed by atoms with Crippen molar-refractivity contribution in [1.82, 2.24) is 0 Å². The third kappa shape index (κ3) is 2.06. The molecule has 0 amide bonds. The van der Waals surface area contributed by atoms with Crippen molar-refractivity contribution in [1.29, 1.82) is 0 Å². The van der Waals surface area contributed by atoms with Crippen molar-refractivity contribution in [3.63, 3.8) is 0 Å². The molecule has 0 saturated heterocycles. The minimum absolute atomic E-state index is 0.713. The van der Waals surface area contributed by atoms with Crippen molar-refractivity contribution >= 4 is 23.0 Å². The van der Waals surface area contributed by atoms with E-state index in [0.717, 1.165) is 11.4 Å². The van der Waals surface area contributed by atoms with E-state index in [0.29, 0.717) is 5.02 Å². The summed E-state index contributed by atoms with van der Waals surface area (Å²) in [6, 6.07) is 18.4. The van der Waals surface area contributed by atoms with Crippen LogP contribution in [0.25, 0.3) is 0 Å². The summed E-state index contributed by atoms with van der Waals surface area (Å²) in [4.78, 5) is 0. The quantitative estimate of drug-likeness (QED) is 0.779. The molecule has 0 heterocycles. The van der Waals surface area contributed by atoms with E-state index in [2.05, 4.69) is 11.4 Å². The molecule has 0 aliphatic heterocycles. The maximum atomic E-state index is 6.00. The van der Waals surface area contributed by atoms with Crippen molar-refractivity contribution in [3.05, 3.63) is 59.6 Å². The van der Waals surface area contributed by atoms with Crippen LogP contribution in [-0.4, -0.2) is 0 Å². The van der Waals surface area contributed by atoms with Crippen LogP contribution in [0.3, 0.4) is 0 Å². The number of halogens is 1. The summed E-state index contributed by atoms with van der Waals surface area (Å²) in [7, 11) is 0. The van der Waals surface area contributed by atoms with E-state index in [9.17, 15) is 0 Å². The first-order chi connectivity index (χ1) is 6.86. The molecule has 0 aliphatic rings. The van der Waals surface area contributed by atoms with Crippen LogP contribution in [-0.2, 0) is 0 Å². The van der Waals surface area contributed by atoms with Crippen molar-refractivity contribution in [2.45, 2.75) is 0 Å². The molecule has 0 unspecified atom stereocenters. The van der Waals surface area contributed by atoms with Gasteiger partial charge in [0.25, 0.3) is 0 Å². The van der Waals surface area contributed by atoms with Crippen LogP contribution in [0, 0.1) is 6.07 Å². The molecule has 14 heavy (non-hydrogen) atoms. The van der Waals surface area contributed by atoms with Gasteiger partial charge in [0.15, 0.2) is 0 Å². The van der Waals surface area contributed by atoms with Crippen LogP contribution < -0.4 is 5.32 Å². The first kappa shape index (κ1) is 9.10. The molecule has 1 N–H and O–H groups in total. The van der Waals surface area contributed by atoms with E-state index < -0.39 is 0 Å². The maximum Gasteiger partial charge on any atom is 0.0640 e. The Morgan fingerprint density at radius 2 is 1.79 bits per heavy atom. The minimum atomic E-state index is 0.713. The summed E-state index contributed by atoms with van der Waals surface area (Å²) in [5.74, 6) is 0. The predicted octanol–water partition coefficient (Wildman–Crippen LogP) is 3.88. The van der Waals surface area contributed by atoms with Crippen LogP contribution in [0.1, 0.15) is 0 Å². The number of hydrogen-bond acceptors (Lipinski definition) is 1. The average Bonchev–Trinajstić information content (AvgIpc) is 2.23. The maximum absolute atomic E-state index is 6.00. The molecule has 0 fully saturated rings. The fourth-order valence-corrected chi connectivity index (χ4v) is 1.36. The van der Waals surface area contributed by atoms with Gasteiger partial charge in [-0.25, -0.2) is 0 Å².